The van der Waals surface area contributed by atoms with Crippen LogP contribution in [0.15, 0.2) is 47.8 Å². The van der Waals surface area contributed by atoms with Gasteiger partial charge in [-0.1, -0.05) is 36.4 Å². The molecule has 1 atom stereocenters. The molecule has 0 amide bonds. The van der Waals surface area contributed by atoms with Crippen molar-refractivity contribution in [3.8, 4) is 5.75 Å². The van der Waals surface area contributed by atoms with Crippen LogP contribution in [0, 0.1) is 0 Å². The number of nitrogens with zero attached hydrogens (tertiary/aromatic N) is 1. The first-order chi connectivity index (χ1) is 11.6. The van der Waals surface area contributed by atoms with Crippen LogP contribution >= 0.6 is 0 Å². The zero-order chi connectivity index (χ0) is 17.3. The van der Waals surface area contributed by atoms with Gasteiger partial charge in [-0.2, -0.15) is 0 Å². The molecule has 0 saturated heterocycles. The van der Waals surface area contributed by atoms with Crippen LogP contribution in [0.3, 0.4) is 0 Å². The first-order valence-corrected chi connectivity index (χ1v) is 7.84. The van der Waals surface area contributed by atoms with Crippen molar-refractivity contribution < 1.29 is 14.6 Å². The van der Waals surface area contributed by atoms with E-state index >= 15 is 0 Å². The summed E-state index contributed by atoms with van der Waals surface area (Å²) in [6, 6.07) is 9.35. The maximum Gasteiger partial charge on any atom is 0.340 e. The Hall–Kier alpha value is -2.82. The van der Waals surface area contributed by atoms with Crippen molar-refractivity contribution in [3.63, 3.8) is 0 Å². The summed E-state index contributed by atoms with van der Waals surface area (Å²) in [5.41, 5.74) is 1.56. The smallest absolute Gasteiger partial charge is 0.340 e. The van der Waals surface area contributed by atoms with E-state index in [2.05, 4.69) is 6.58 Å². The number of aromatic hydroxyl groups is 1. The number of allylic oxidation sites excluding steroid dienone is 1. The Morgan fingerprint density at radius 2 is 2.08 bits per heavy atom. The minimum absolute atomic E-state index is 0.279. The topological polar surface area (TPSA) is 68.5 Å². The van der Waals surface area contributed by atoms with E-state index in [4.69, 9.17) is 4.74 Å². The number of hydrogen-bond acceptors (Lipinski definition) is 4. The van der Waals surface area contributed by atoms with Gasteiger partial charge >= 0.3 is 5.97 Å². The molecule has 1 aromatic carbocycles. The van der Waals surface area contributed by atoms with Crippen molar-refractivity contribution in [1.29, 1.82) is 0 Å². The molecule has 1 aliphatic rings. The fourth-order valence-electron chi connectivity index (χ4n) is 3.39. The second-order valence-corrected chi connectivity index (χ2v) is 5.76. The molecule has 3 rings (SSSR count). The summed E-state index contributed by atoms with van der Waals surface area (Å²) >= 11 is 0. The predicted molar refractivity (Wildman–Crippen MR) is 90.5 cm³/mol. The summed E-state index contributed by atoms with van der Waals surface area (Å²) in [4.78, 5) is 24.9. The zero-order valence-corrected chi connectivity index (χ0v) is 13.5. The van der Waals surface area contributed by atoms with E-state index in [0.717, 1.165) is 12.0 Å². The van der Waals surface area contributed by atoms with Gasteiger partial charge in [0.1, 0.15) is 0 Å². The summed E-state index contributed by atoms with van der Waals surface area (Å²) in [6.07, 6.45) is 2.99. The predicted octanol–water partition coefficient (Wildman–Crippen LogP) is 2.60. The Balaban J connectivity index is 2.34. The average Bonchev–Trinajstić information content (AvgIpc) is 3.10. The second kappa shape index (κ2) is 6.35. The van der Waals surface area contributed by atoms with Gasteiger partial charge in [0.2, 0.25) is 0 Å². The molecular weight excluding hydrogens is 306 g/mol. The van der Waals surface area contributed by atoms with E-state index in [9.17, 15) is 14.7 Å². The highest BCUT2D eigenvalue weighted by molar-refractivity contribution is 5.93. The number of ether oxygens (including phenoxy) is 1. The molecular formula is C19H19NO4. The van der Waals surface area contributed by atoms with Gasteiger partial charge in [-0.05, 0) is 18.4 Å². The van der Waals surface area contributed by atoms with Crippen molar-refractivity contribution in [1.82, 2.24) is 4.57 Å². The van der Waals surface area contributed by atoms with Crippen LogP contribution in [-0.2, 0) is 17.7 Å². The summed E-state index contributed by atoms with van der Waals surface area (Å²) in [5, 5.41) is 10.6. The van der Waals surface area contributed by atoms with Gasteiger partial charge < -0.3 is 14.4 Å². The van der Waals surface area contributed by atoms with Gasteiger partial charge in [0, 0.05) is 23.7 Å². The van der Waals surface area contributed by atoms with Crippen molar-refractivity contribution in [2.75, 3.05) is 7.11 Å². The molecule has 0 spiro atoms. The van der Waals surface area contributed by atoms with Gasteiger partial charge in [-0.3, -0.25) is 4.79 Å². The molecule has 1 aromatic heterocycles. The van der Waals surface area contributed by atoms with Gasteiger partial charge in [-0.25, -0.2) is 4.79 Å². The number of rotatable bonds is 4. The maximum atomic E-state index is 12.5. The number of pyridine rings is 1. The van der Waals surface area contributed by atoms with E-state index in [1.54, 1.807) is 6.08 Å². The highest BCUT2D eigenvalue weighted by atomic mass is 16.5. The number of esters is 1. The number of fused-ring (bicyclic) bond motifs is 1. The van der Waals surface area contributed by atoms with Gasteiger partial charge in [0.25, 0.3) is 5.56 Å². The molecule has 0 fully saturated rings. The van der Waals surface area contributed by atoms with Crippen LogP contribution in [0.5, 0.6) is 5.75 Å². The molecule has 5 heteroatoms. The van der Waals surface area contributed by atoms with Crippen LogP contribution in [0.25, 0.3) is 0 Å². The first kappa shape index (κ1) is 16.1. The van der Waals surface area contributed by atoms with Crippen molar-refractivity contribution in [2.45, 2.75) is 25.3 Å². The molecule has 5 nitrogen and oxygen atoms in total. The number of carbonyl (C=O) groups excluding carboxylic acids is 1. The van der Waals surface area contributed by atoms with Crippen LogP contribution in [-0.4, -0.2) is 22.8 Å². The number of methoxy groups -OCH3 is 1. The summed E-state index contributed by atoms with van der Waals surface area (Å²) in [5.74, 6) is -1.43. The molecule has 24 heavy (non-hydrogen) atoms. The number of benzene rings is 1. The Labute approximate surface area is 139 Å². The van der Waals surface area contributed by atoms with Crippen molar-refractivity contribution in [3.05, 3.63) is 75.7 Å². The second-order valence-electron chi connectivity index (χ2n) is 5.76. The minimum Gasteiger partial charge on any atom is -0.503 e. The lowest BCUT2D eigenvalue weighted by Gasteiger charge is -2.21. The van der Waals surface area contributed by atoms with E-state index in [0.29, 0.717) is 18.7 Å². The van der Waals surface area contributed by atoms with Gasteiger partial charge in [0.05, 0.1) is 12.7 Å². The van der Waals surface area contributed by atoms with Crippen LogP contribution in [0.2, 0.25) is 0 Å². The van der Waals surface area contributed by atoms with Crippen LogP contribution < -0.4 is 5.56 Å². The molecule has 2 aromatic rings. The zero-order valence-electron chi connectivity index (χ0n) is 13.5. The Morgan fingerprint density at radius 3 is 2.71 bits per heavy atom. The highest BCUT2D eigenvalue weighted by Crippen LogP contribution is 2.36. The standard InChI is InChI=1S/C19H19NO4/c1-3-13(12-8-5-4-6-9-12)15-16(19(23)24-2)14-10-7-11-20(14)18(22)17(15)21/h3-6,8-9,13,21H,1,7,10-11H2,2H3/t13-/m0/s1. The lowest BCUT2D eigenvalue weighted by Crippen LogP contribution is -2.26. The van der Waals surface area contributed by atoms with E-state index in [1.165, 1.54) is 11.7 Å². The molecule has 0 aliphatic carbocycles. The van der Waals surface area contributed by atoms with Crippen LogP contribution in [0.1, 0.15) is 39.5 Å². The summed E-state index contributed by atoms with van der Waals surface area (Å²) < 4.78 is 6.40. The average molecular weight is 325 g/mol. The molecule has 0 saturated carbocycles. The van der Waals surface area contributed by atoms with Gasteiger partial charge in [-0.15, -0.1) is 6.58 Å². The van der Waals surface area contributed by atoms with E-state index in [-0.39, 0.29) is 11.1 Å². The lowest BCUT2D eigenvalue weighted by molar-refractivity contribution is 0.0596. The van der Waals surface area contributed by atoms with E-state index in [1.807, 2.05) is 30.3 Å². The third kappa shape index (κ3) is 2.42. The quantitative estimate of drug-likeness (QED) is 0.693. The van der Waals surface area contributed by atoms with E-state index < -0.39 is 23.2 Å². The normalized spacial score (nSPS) is 14.0. The van der Waals surface area contributed by atoms with Crippen LogP contribution in [0.4, 0.5) is 0 Å². The largest absolute Gasteiger partial charge is 0.503 e. The molecule has 1 N–H and O–H groups in total. The maximum absolute atomic E-state index is 12.5. The fourth-order valence-corrected chi connectivity index (χ4v) is 3.39. The molecule has 0 radical (unpaired) electrons. The first-order valence-electron chi connectivity index (χ1n) is 7.84. The highest BCUT2D eigenvalue weighted by Gasteiger charge is 2.32. The number of aromatic nitrogens is 1. The Kier molecular flexibility index (Phi) is 4.25. The van der Waals surface area contributed by atoms with Crippen molar-refractivity contribution in [2.24, 2.45) is 0 Å². The molecule has 2 heterocycles. The summed E-state index contributed by atoms with van der Waals surface area (Å²) in [7, 11) is 1.30. The number of hydrogen-bond donors (Lipinski definition) is 1. The molecule has 1 aliphatic heterocycles. The molecule has 124 valence electrons. The lowest BCUT2D eigenvalue weighted by atomic mass is 9.87. The molecule has 0 unspecified atom stereocenters. The SMILES string of the molecule is C=C[C@@H](c1ccccc1)c1c(C(=O)OC)c2n(c(=O)c1O)CCC2. The van der Waals surface area contributed by atoms with Gasteiger partial charge in [0.15, 0.2) is 5.75 Å². The van der Waals surface area contributed by atoms with Crippen molar-refractivity contribution >= 4 is 5.97 Å². The number of carbonyl (C=O) groups is 1. The fraction of sp³-hybridized carbons (Fsp3) is 0.263. The molecule has 0 bridgehead atoms. The Bertz CT molecular complexity index is 852. The minimum atomic E-state index is -0.547. The monoisotopic (exact) mass is 325 g/mol. The Morgan fingerprint density at radius 1 is 1.38 bits per heavy atom. The third-order valence-corrected chi connectivity index (χ3v) is 4.48. The summed E-state index contributed by atoms with van der Waals surface area (Å²) in [6.45, 7) is 4.33. The third-order valence-electron chi connectivity index (χ3n) is 4.48.